The predicted octanol–water partition coefficient (Wildman–Crippen LogP) is 12.8. The van der Waals surface area contributed by atoms with Crippen LogP contribution in [0.2, 0.25) is 0 Å². The second kappa shape index (κ2) is 11.7. The van der Waals surface area contributed by atoms with E-state index < -0.39 is 5.41 Å². The number of furan rings is 1. The molecule has 5 nitrogen and oxygen atoms in total. The molecule has 0 bridgehead atoms. The first-order valence-electron chi connectivity index (χ1n) is 19.7. The van der Waals surface area contributed by atoms with Crippen molar-refractivity contribution in [3.63, 3.8) is 0 Å². The van der Waals surface area contributed by atoms with Crippen LogP contribution in [0.15, 0.2) is 180 Å². The quantitative estimate of drug-likeness (QED) is 0.180. The van der Waals surface area contributed by atoms with Crippen LogP contribution < -0.4 is 4.74 Å². The highest BCUT2D eigenvalue weighted by Gasteiger charge is 2.51. The van der Waals surface area contributed by atoms with Crippen LogP contribution in [-0.2, 0) is 11.8 Å². The molecule has 1 spiro atoms. The van der Waals surface area contributed by atoms with Gasteiger partial charge in [-0.25, -0.2) is 15.0 Å². The number of ether oxygens (including phenoxy) is 1. The Balaban J connectivity index is 1.05. The standard InChI is InChI=1S/C53H31N3O2/c1-2-13-31(14-3-1)50-54-51(34-26-25-33-27-32-15-4-5-16-35(32)38(33)28-34)56-52(55-50)37-18-12-24-47-49(37)40-29-39-36-17-6-7-19-41(36)53(44(39)30-48(40)58-47)42-20-8-10-22-45(42)57-46-23-11-9-21-43(46)53/h1-26,28-30H,27H2. The normalized spacial score (nSPS) is 13.7. The number of fused-ring (bicyclic) bond motifs is 15. The molecular formula is C53H31N3O2. The summed E-state index contributed by atoms with van der Waals surface area (Å²) in [6.45, 7) is 0. The molecule has 0 radical (unpaired) electrons. The van der Waals surface area contributed by atoms with Gasteiger partial charge in [-0.1, -0.05) is 140 Å². The van der Waals surface area contributed by atoms with Crippen LogP contribution in [0.1, 0.15) is 33.4 Å². The molecule has 8 aromatic carbocycles. The Morgan fingerprint density at radius 3 is 1.84 bits per heavy atom. The SMILES string of the molecule is c1ccc(-c2nc(-c3ccc4c(c3)-c3ccccc3C4)nc(-c3cccc4oc5cc6c(cc5c34)-c3ccccc3C63c4ccccc4Oc4ccccc43)n2)cc1. The molecule has 2 aliphatic carbocycles. The van der Waals surface area contributed by atoms with Crippen LogP contribution in [0.3, 0.4) is 0 Å². The van der Waals surface area contributed by atoms with Gasteiger partial charge in [-0.15, -0.1) is 0 Å². The van der Waals surface area contributed by atoms with Crippen LogP contribution in [0.5, 0.6) is 11.5 Å². The van der Waals surface area contributed by atoms with Crippen LogP contribution >= 0.6 is 0 Å². The average Bonchev–Trinajstić information content (AvgIpc) is 3.94. The Kier molecular flexibility index (Phi) is 6.37. The maximum absolute atomic E-state index is 6.86. The monoisotopic (exact) mass is 741 g/mol. The molecule has 0 N–H and O–H groups in total. The lowest BCUT2D eigenvalue weighted by molar-refractivity contribution is 0.436. The van der Waals surface area contributed by atoms with Gasteiger partial charge in [-0.3, -0.25) is 0 Å². The molecule has 5 heteroatoms. The number of rotatable bonds is 3. The zero-order valence-electron chi connectivity index (χ0n) is 31.1. The van der Waals surface area contributed by atoms with Gasteiger partial charge >= 0.3 is 0 Å². The fraction of sp³-hybridized carbons (Fsp3) is 0.0377. The van der Waals surface area contributed by atoms with Gasteiger partial charge in [0.2, 0.25) is 0 Å². The first kappa shape index (κ1) is 31.6. The molecule has 10 aromatic rings. The van der Waals surface area contributed by atoms with Crippen molar-refractivity contribution in [2.75, 3.05) is 0 Å². The van der Waals surface area contributed by atoms with Crippen molar-refractivity contribution in [3.05, 3.63) is 209 Å². The van der Waals surface area contributed by atoms with Gasteiger partial charge < -0.3 is 9.15 Å². The van der Waals surface area contributed by atoms with Gasteiger partial charge in [0, 0.05) is 38.6 Å². The fourth-order valence-corrected chi connectivity index (χ4v) is 9.96. The molecule has 270 valence electrons. The van der Waals surface area contributed by atoms with Gasteiger partial charge in [0.25, 0.3) is 0 Å². The third-order valence-corrected chi connectivity index (χ3v) is 12.4. The van der Waals surface area contributed by atoms with E-state index in [1.807, 2.05) is 42.5 Å². The molecule has 1 aliphatic heterocycles. The maximum atomic E-state index is 6.86. The smallest absolute Gasteiger partial charge is 0.164 e. The zero-order valence-corrected chi connectivity index (χ0v) is 31.1. The molecule has 0 amide bonds. The van der Waals surface area contributed by atoms with Crippen molar-refractivity contribution in [2.45, 2.75) is 11.8 Å². The second-order valence-electron chi connectivity index (χ2n) is 15.4. The third kappa shape index (κ3) is 4.27. The highest BCUT2D eigenvalue weighted by molar-refractivity contribution is 6.14. The molecule has 0 atom stereocenters. The van der Waals surface area contributed by atoms with Gasteiger partial charge in [-0.2, -0.15) is 0 Å². The van der Waals surface area contributed by atoms with Gasteiger partial charge in [-0.05, 0) is 87.3 Å². The van der Waals surface area contributed by atoms with Crippen molar-refractivity contribution >= 4 is 21.9 Å². The van der Waals surface area contributed by atoms with Crippen LogP contribution in [0, 0.1) is 0 Å². The van der Waals surface area contributed by atoms with E-state index >= 15 is 0 Å². The molecule has 3 heterocycles. The lowest BCUT2D eigenvalue weighted by atomic mass is 9.66. The summed E-state index contributed by atoms with van der Waals surface area (Å²) in [6, 6.07) is 61.9. The lowest BCUT2D eigenvalue weighted by Crippen LogP contribution is -2.32. The molecule has 0 fully saturated rings. The van der Waals surface area contributed by atoms with Gasteiger partial charge in [0.1, 0.15) is 22.7 Å². The molecule has 0 saturated carbocycles. The molecular weight excluding hydrogens is 711 g/mol. The Bertz CT molecular complexity index is 3320. The van der Waals surface area contributed by atoms with E-state index in [-0.39, 0.29) is 0 Å². The number of benzene rings is 8. The van der Waals surface area contributed by atoms with E-state index in [1.165, 1.54) is 44.5 Å². The number of aromatic nitrogens is 3. The minimum Gasteiger partial charge on any atom is -0.457 e. The van der Waals surface area contributed by atoms with E-state index in [2.05, 4.69) is 133 Å². The largest absolute Gasteiger partial charge is 0.457 e. The van der Waals surface area contributed by atoms with Gasteiger partial charge in [0.15, 0.2) is 17.5 Å². The topological polar surface area (TPSA) is 61.0 Å². The number of para-hydroxylation sites is 2. The summed E-state index contributed by atoms with van der Waals surface area (Å²) in [4.78, 5) is 15.6. The molecule has 0 saturated heterocycles. The van der Waals surface area contributed by atoms with Gasteiger partial charge in [0.05, 0.1) is 5.41 Å². The van der Waals surface area contributed by atoms with Crippen LogP contribution in [0.4, 0.5) is 0 Å². The highest BCUT2D eigenvalue weighted by atomic mass is 16.5. The van der Waals surface area contributed by atoms with Crippen LogP contribution in [0.25, 0.3) is 78.4 Å². The number of hydrogen-bond donors (Lipinski definition) is 0. The Hall–Kier alpha value is -7.63. The van der Waals surface area contributed by atoms with Crippen molar-refractivity contribution in [1.82, 2.24) is 15.0 Å². The first-order valence-corrected chi connectivity index (χ1v) is 19.7. The Morgan fingerprint density at radius 2 is 1.03 bits per heavy atom. The van der Waals surface area contributed by atoms with Crippen molar-refractivity contribution in [1.29, 1.82) is 0 Å². The number of nitrogens with zero attached hydrogens (tertiary/aromatic N) is 3. The third-order valence-electron chi connectivity index (χ3n) is 12.4. The maximum Gasteiger partial charge on any atom is 0.164 e. The first-order chi connectivity index (χ1) is 28.7. The van der Waals surface area contributed by atoms with Crippen molar-refractivity contribution in [2.24, 2.45) is 0 Å². The zero-order chi connectivity index (χ0) is 38.0. The van der Waals surface area contributed by atoms with E-state index in [1.54, 1.807) is 0 Å². The van der Waals surface area contributed by atoms with E-state index in [0.717, 1.165) is 67.7 Å². The minimum absolute atomic E-state index is 0.586. The van der Waals surface area contributed by atoms with E-state index in [4.69, 9.17) is 24.1 Å². The molecule has 3 aliphatic rings. The molecule has 2 aromatic heterocycles. The molecule has 0 unspecified atom stereocenters. The van der Waals surface area contributed by atoms with Crippen LogP contribution in [-0.4, -0.2) is 15.0 Å². The highest BCUT2D eigenvalue weighted by Crippen LogP contribution is 2.62. The molecule has 58 heavy (non-hydrogen) atoms. The summed E-state index contributed by atoms with van der Waals surface area (Å²) in [5.74, 6) is 3.59. The summed E-state index contributed by atoms with van der Waals surface area (Å²) >= 11 is 0. The second-order valence-corrected chi connectivity index (χ2v) is 15.4. The van der Waals surface area contributed by atoms with E-state index in [9.17, 15) is 0 Å². The summed E-state index contributed by atoms with van der Waals surface area (Å²) in [5, 5.41) is 1.99. The summed E-state index contributed by atoms with van der Waals surface area (Å²) in [5.41, 5.74) is 16.0. The summed E-state index contributed by atoms with van der Waals surface area (Å²) in [7, 11) is 0. The summed E-state index contributed by atoms with van der Waals surface area (Å²) < 4.78 is 13.4. The lowest BCUT2D eigenvalue weighted by Gasteiger charge is -2.39. The summed E-state index contributed by atoms with van der Waals surface area (Å²) in [6.07, 6.45) is 0.932. The van der Waals surface area contributed by atoms with E-state index in [0.29, 0.717) is 17.5 Å². The fourth-order valence-electron chi connectivity index (χ4n) is 9.96. The van der Waals surface area contributed by atoms with Crippen molar-refractivity contribution in [3.8, 4) is 67.9 Å². The Morgan fingerprint density at radius 1 is 0.397 bits per heavy atom. The number of hydrogen-bond acceptors (Lipinski definition) is 5. The predicted molar refractivity (Wildman–Crippen MR) is 229 cm³/mol. The minimum atomic E-state index is -0.586. The average molecular weight is 742 g/mol. The van der Waals surface area contributed by atoms with Crippen molar-refractivity contribution < 1.29 is 9.15 Å². The Labute approximate surface area is 333 Å². The molecule has 13 rings (SSSR count).